The zero-order chi connectivity index (χ0) is 28.6. The average molecular weight is 591 g/mol. The van der Waals surface area contributed by atoms with Crippen LogP contribution in [0.15, 0.2) is 83.8 Å². The first-order chi connectivity index (χ1) is 18.5. The normalized spacial score (nSPS) is 12.2. The lowest BCUT2D eigenvalue weighted by atomic mass is 10.1. The lowest BCUT2D eigenvalue weighted by molar-refractivity contribution is -0.140. The van der Waals surface area contributed by atoms with Crippen LogP contribution in [0, 0.1) is 5.92 Å². The van der Waals surface area contributed by atoms with Gasteiger partial charge in [-0.15, -0.1) is 0 Å². The van der Waals surface area contributed by atoms with Crippen molar-refractivity contribution >= 4 is 50.7 Å². The van der Waals surface area contributed by atoms with Gasteiger partial charge in [-0.25, -0.2) is 8.42 Å². The van der Waals surface area contributed by atoms with Crippen molar-refractivity contribution in [2.24, 2.45) is 5.92 Å². The van der Waals surface area contributed by atoms with Crippen molar-refractivity contribution in [1.82, 2.24) is 10.2 Å². The van der Waals surface area contributed by atoms with Crippen LogP contribution in [-0.2, 0) is 26.2 Å². The molecule has 39 heavy (non-hydrogen) atoms. The molecule has 0 aromatic heterocycles. The number of para-hydroxylation sites is 1. The summed E-state index contributed by atoms with van der Waals surface area (Å²) in [5.41, 5.74) is 0.992. The highest BCUT2D eigenvalue weighted by Gasteiger charge is 2.33. The SMILES string of the molecule is CC[C@H](C(=O)NCC(C)C)N(Cc1ccc(Cl)c(Cl)c1)C(=O)CN(c1ccccc1)S(=O)(=O)c1ccccc1. The minimum Gasteiger partial charge on any atom is -0.354 e. The molecule has 10 heteroatoms. The number of benzene rings is 3. The van der Waals surface area contributed by atoms with E-state index in [9.17, 15) is 18.0 Å². The Hall–Kier alpha value is -3.07. The lowest BCUT2D eigenvalue weighted by Gasteiger charge is -2.33. The second-order valence-electron chi connectivity index (χ2n) is 9.49. The van der Waals surface area contributed by atoms with Crippen LogP contribution in [0.1, 0.15) is 32.8 Å². The minimum absolute atomic E-state index is 0.0390. The molecule has 1 atom stereocenters. The maximum absolute atomic E-state index is 14.0. The number of halogens is 2. The molecule has 0 aliphatic rings. The van der Waals surface area contributed by atoms with Gasteiger partial charge >= 0.3 is 0 Å². The van der Waals surface area contributed by atoms with E-state index in [1.54, 1.807) is 66.7 Å². The Labute approximate surface area is 240 Å². The molecule has 0 aliphatic heterocycles. The number of amides is 2. The van der Waals surface area contributed by atoms with Crippen LogP contribution in [0.25, 0.3) is 0 Å². The summed E-state index contributed by atoms with van der Waals surface area (Å²) in [5, 5.41) is 3.59. The van der Waals surface area contributed by atoms with Crippen LogP contribution in [0.5, 0.6) is 0 Å². The molecule has 0 fully saturated rings. The highest BCUT2D eigenvalue weighted by molar-refractivity contribution is 7.92. The van der Waals surface area contributed by atoms with Crippen LogP contribution in [0.2, 0.25) is 10.0 Å². The number of anilines is 1. The number of hydrogen-bond donors (Lipinski definition) is 1. The van der Waals surface area contributed by atoms with E-state index in [0.717, 1.165) is 4.31 Å². The van der Waals surface area contributed by atoms with Crippen molar-refractivity contribution in [2.75, 3.05) is 17.4 Å². The summed E-state index contributed by atoms with van der Waals surface area (Å²) in [6.45, 7) is 5.75. The molecule has 0 aliphatic carbocycles. The fourth-order valence-electron chi connectivity index (χ4n) is 4.02. The predicted octanol–water partition coefficient (Wildman–Crippen LogP) is 5.77. The summed E-state index contributed by atoms with van der Waals surface area (Å²) in [4.78, 5) is 28.7. The van der Waals surface area contributed by atoms with Gasteiger partial charge < -0.3 is 10.2 Å². The molecule has 2 amide bonds. The van der Waals surface area contributed by atoms with Gasteiger partial charge in [0.15, 0.2) is 0 Å². The predicted molar refractivity (Wildman–Crippen MR) is 156 cm³/mol. The Morgan fingerprint density at radius 3 is 2.08 bits per heavy atom. The summed E-state index contributed by atoms with van der Waals surface area (Å²) < 4.78 is 28.5. The number of rotatable bonds is 12. The highest BCUT2D eigenvalue weighted by atomic mass is 35.5. The first-order valence-corrected chi connectivity index (χ1v) is 14.9. The highest BCUT2D eigenvalue weighted by Crippen LogP contribution is 2.26. The van der Waals surface area contributed by atoms with E-state index in [2.05, 4.69) is 5.32 Å². The molecule has 3 aromatic carbocycles. The fraction of sp³-hybridized carbons (Fsp3) is 0.310. The molecular formula is C29H33Cl2N3O4S. The fourth-order valence-corrected chi connectivity index (χ4v) is 5.78. The van der Waals surface area contributed by atoms with Gasteiger partial charge in [0.05, 0.1) is 20.6 Å². The molecule has 208 valence electrons. The number of carbonyl (C=O) groups excluding carboxylic acids is 2. The smallest absolute Gasteiger partial charge is 0.264 e. The molecule has 0 saturated carbocycles. The Kier molecular flexibility index (Phi) is 10.8. The van der Waals surface area contributed by atoms with Crippen LogP contribution in [0.3, 0.4) is 0 Å². The summed E-state index contributed by atoms with van der Waals surface area (Å²) in [7, 11) is -4.10. The number of sulfonamides is 1. The second kappa shape index (κ2) is 13.8. The molecule has 0 unspecified atom stereocenters. The van der Waals surface area contributed by atoms with E-state index in [-0.39, 0.29) is 23.3 Å². The molecule has 0 heterocycles. The number of nitrogens with one attached hydrogen (secondary N) is 1. The molecule has 3 aromatic rings. The van der Waals surface area contributed by atoms with Crippen molar-refractivity contribution in [3.05, 3.63) is 94.5 Å². The van der Waals surface area contributed by atoms with Gasteiger partial charge in [0.2, 0.25) is 11.8 Å². The third-order valence-electron chi connectivity index (χ3n) is 6.06. The Morgan fingerprint density at radius 2 is 1.51 bits per heavy atom. The van der Waals surface area contributed by atoms with Crippen molar-refractivity contribution in [3.8, 4) is 0 Å². The molecule has 0 saturated heterocycles. The zero-order valence-corrected chi connectivity index (χ0v) is 24.5. The molecule has 7 nitrogen and oxygen atoms in total. The van der Waals surface area contributed by atoms with Crippen molar-refractivity contribution < 1.29 is 18.0 Å². The molecule has 3 rings (SSSR count). The van der Waals surface area contributed by atoms with E-state index < -0.39 is 28.5 Å². The van der Waals surface area contributed by atoms with Gasteiger partial charge in [0.25, 0.3) is 10.0 Å². The van der Waals surface area contributed by atoms with Gasteiger partial charge in [0.1, 0.15) is 12.6 Å². The first-order valence-electron chi connectivity index (χ1n) is 12.7. The van der Waals surface area contributed by atoms with Gasteiger partial charge in [-0.3, -0.25) is 13.9 Å². The molecular weight excluding hydrogens is 557 g/mol. The van der Waals surface area contributed by atoms with Crippen molar-refractivity contribution in [2.45, 2.75) is 44.7 Å². The Bertz CT molecular complexity index is 1370. The number of hydrogen-bond acceptors (Lipinski definition) is 4. The van der Waals surface area contributed by atoms with Gasteiger partial charge in [-0.1, -0.05) is 86.4 Å². The van der Waals surface area contributed by atoms with E-state index in [1.165, 1.54) is 17.0 Å². The maximum Gasteiger partial charge on any atom is 0.264 e. The van der Waals surface area contributed by atoms with E-state index in [4.69, 9.17) is 23.2 Å². The standard InChI is InChI=1S/C29H33Cl2N3O4S/c1-4-27(29(36)32-18-21(2)3)33(19-22-15-16-25(30)26(31)17-22)28(35)20-34(23-11-7-5-8-12-23)39(37,38)24-13-9-6-10-14-24/h5-17,21,27H,4,18-20H2,1-3H3,(H,32,36)/t27-/m1/s1. The van der Waals surface area contributed by atoms with Crippen LogP contribution in [0.4, 0.5) is 5.69 Å². The van der Waals surface area contributed by atoms with Crippen molar-refractivity contribution in [1.29, 1.82) is 0 Å². The summed E-state index contributed by atoms with van der Waals surface area (Å²) in [6.07, 6.45) is 0.327. The monoisotopic (exact) mass is 589 g/mol. The quantitative estimate of drug-likeness (QED) is 0.290. The largest absolute Gasteiger partial charge is 0.354 e. The van der Waals surface area contributed by atoms with Gasteiger partial charge in [-0.2, -0.15) is 0 Å². The van der Waals surface area contributed by atoms with Gasteiger partial charge in [-0.05, 0) is 54.3 Å². The van der Waals surface area contributed by atoms with Crippen LogP contribution in [-0.4, -0.2) is 44.3 Å². The first kappa shape index (κ1) is 30.5. The Balaban J connectivity index is 2.02. The molecule has 0 bridgehead atoms. The van der Waals surface area contributed by atoms with E-state index in [1.807, 2.05) is 20.8 Å². The lowest BCUT2D eigenvalue weighted by Crippen LogP contribution is -2.52. The van der Waals surface area contributed by atoms with E-state index in [0.29, 0.717) is 34.3 Å². The topological polar surface area (TPSA) is 86.8 Å². The van der Waals surface area contributed by atoms with Gasteiger partial charge in [0, 0.05) is 13.1 Å². The molecule has 1 N–H and O–H groups in total. The maximum atomic E-state index is 14.0. The van der Waals surface area contributed by atoms with Crippen LogP contribution >= 0.6 is 23.2 Å². The summed E-state index contributed by atoms with van der Waals surface area (Å²) in [6, 6.07) is 20.5. The van der Waals surface area contributed by atoms with Crippen LogP contribution < -0.4 is 9.62 Å². The van der Waals surface area contributed by atoms with Crippen molar-refractivity contribution in [3.63, 3.8) is 0 Å². The number of carbonyl (C=O) groups is 2. The number of nitrogens with zero attached hydrogens (tertiary/aromatic N) is 2. The van der Waals surface area contributed by atoms with E-state index >= 15 is 0 Å². The molecule has 0 radical (unpaired) electrons. The third-order valence-corrected chi connectivity index (χ3v) is 8.59. The molecule has 0 spiro atoms. The second-order valence-corrected chi connectivity index (χ2v) is 12.2. The third kappa shape index (κ3) is 7.97. The zero-order valence-electron chi connectivity index (χ0n) is 22.2. The average Bonchev–Trinajstić information content (AvgIpc) is 2.93. The minimum atomic E-state index is -4.10. The summed E-state index contributed by atoms with van der Waals surface area (Å²) >= 11 is 12.3. The Morgan fingerprint density at radius 1 is 0.897 bits per heavy atom. The summed E-state index contributed by atoms with van der Waals surface area (Å²) in [5.74, 6) is -0.622.